The van der Waals surface area contributed by atoms with Gasteiger partial charge in [-0.15, -0.1) is 0 Å². The molecule has 3 N–H and O–H groups in total. The maximum Gasteiger partial charge on any atom is 0.167 e. The van der Waals surface area contributed by atoms with E-state index in [4.69, 9.17) is 15.2 Å². The Kier molecular flexibility index (Phi) is 4.70. The second kappa shape index (κ2) is 6.31. The molecule has 1 atom stereocenters. The van der Waals surface area contributed by atoms with Crippen LogP contribution in [0.1, 0.15) is 33.1 Å². The zero-order valence-electron chi connectivity index (χ0n) is 12.2. The first-order valence-electron chi connectivity index (χ1n) is 7.12. The molecule has 0 saturated carbocycles. The van der Waals surface area contributed by atoms with Gasteiger partial charge in [0.05, 0.1) is 30.1 Å². The fourth-order valence-electron chi connectivity index (χ4n) is 2.36. The van der Waals surface area contributed by atoms with Crippen molar-refractivity contribution in [1.82, 2.24) is 0 Å². The molecule has 0 radical (unpaired) electrons. The van der Waals surface area contributed by atoms with E-state index in [0.717, 1.165) is 25.9 Å². The molecule has 1 aliphatic rings. The molecule has 1 aromatic carbocycles. The summed E-state index contributed by atoms with van der Waals surface area (Å²) in [6.07, 6.45) is 2.83. The number of benzene rings is 1. The largest absolute Gasteiger partial charge is 0.490 e. The van der Waals surface area contributed by atoms with Crippen molar-refractivity contribution in [3.8, 4) is 5.75 Å². The number of nitrogens with one attached hydrogen (secondary N) is 1. The van der Waals surface area contributed by atoms with Crippen LogP contribution in [0, 0.1) is 5.82 Å². The summed E-state index contributed by atoms with van der Waals surface area (Å²) in [5, 5.41) is 3.37. The van der Waals surface area contributed by atoms with Crippen molar-refractivity contribution in [1.29, 1.82) is 0 Å². The van der Waals surface area contributed by atoms with E-state index < -0.39 is 5.82 Å². The molecule has 5 heteroatoms. The maximum absolute atomic E-state index is 13.8. The molecule has 4 nitrogen and oxygen atoms in total. The summed E-state index contributed by atoms with van der Waals surface area (Å²) in [6.45, 7) is 5.97. The lowest BCUT2D eigenvalue weighted by Crippen LogP contribution is -2.43. The lowest BCUT2D eigenvalue weighted by Gasteiger charge is -2.35. The van der Waals surface area contributed by atoms with Crippen LogP contribution in [-0.4, -0.2) is 25.4 Å². The van der Waals surface area contributed by atoms with Crippen LogP contribution in [0.25, 0.3) is 0 Å². The van der Waals surface area contributed by atoms with E-state index in [1.807, 2.05) is 6.92 Å². The normalized spacial score (nSPS) is 22.6. The molecule has 0 aliphatic carbocycles. The third-order valence-corrected chi connectivity index (χ3v) is 3.44. The van der Waals surface area contributed by atoms with Crippen LogP contribution < -0.4 is 15.8 Å². The van der Waals surface area contributed by atoms with Gasteiger partial charge < -0.3 is 20.5 Å². The number of hydrogen-bond acceptors (Lipinski definition) is 4. The van der Waals surface area contributed by atoms with Crippen molar-refractivity contribution in [2.24, 2.45) is 0 Å². The number of rotatable bonds is 5. The molecular formula is C15H23FN2O2. The van der Waals surface area contributed by atoms with E-state index in [1.54, 1.807) is 6.07 Å². The summed E-state index contributed by atoms with van der Waals surface area (Å²) in [6, 6.07) is 2.94. The van der Waals surface area contributed by atoms with Crippen LogP contribution in [0.4, 0.5) is 15.8 Å². The van der Waals surface area contributed by atoms with Crippen LogP contribution in [0.2, 0.25) is 0 Å². The van der Waals surface area contributed by atoms with E-state index in [0.29, 0.717) is 24.6 Å². The van der Waals surface area contributed by atoms with Gasteiger partial charge in [-0.2, -0.15) is 0 Å². The molecule has 1 aliphatic heterocycles. The van der Waals surface area contributed by atoms with Gasteiger partial charge in [0.25, 0.3) is 0 Å². The molecule has 1 aromatic rings. The highest BCUT2D eigenvalue weighted by atomic mass is 19.1. The minimum absolute atomic E-state index is 0.174. The van der Waals surface area contributed by atoms with Crippen molar-refractivity contribution >= 4 is 11.4 Å². The zero-order chi connectivity index (χ0) is 14.6. The Bertz CT molecular complexity index is 459. The highest BCUT2D eigenvalue weighted by Crippen LogP contribution is 2.32. The number of nitrogens with two attached hydrogens (primary N) is 1. The van der Waals surface area contributed by atoms with Crippen molar-refractivity contribution in [2.75, 3.05) is 30.9 Å². The lowest BCUT2D eigenvalue weighted by atomic mass is 9.94. The van der Waals surface area contributed by atoms with Crippen LogP contribution in [0.5, 0.6) is 5.75 Å². The first-order chi connectivity index (χ1) is 9.54. The highest BCUT2D eigenvalue weighted by Gasteiger charge is 2.28. The van der Waals surface area contributed by atoms with Gasteiger partial charge in [-0.05, 0) is 26.2 Å². The van der Waals surface area contributed by atoms with Gasteiger partial charge in [0.1, 0.15) is 0 Å². The second-order valence-corrected chi connectivity index (χ2v) is 5.56. The SMILES string of the molecule is CCCOc1cc(NC2(C)CCCOC2)c(N)cc1F. The zero-order valence-corrected chi connectivity index (χ0v) is 12.2. The quantitative estimate of drug-likeness (QED) is 0.814. The third kappa shape index (κ3) is 3.54. The molecule has 0 bridgehead atoms. The number of ether oxygens (including phenoxy) is 2. The summed E-state index contributed by atoms with van der Waals surface area (Å²) in [7, 11) is 0. The predicted molar refractivity (Wildman–Crippen MR) is 78.7 cm³/mol. The van der Waals surface area contributed by atoms with E-state index in [1.165, 1.54) is 6.07 Å². The van der Waals surface area contributed by atoms with Gasteiger partial charge in [0.2, 0.25) is 0 Å². The molecule has 0 spiro atoms. The van der Waals surface area contributed by atoms with Crippen molar-refractivity contribution in [3.05, 3.63) is 17.9 Å². The Morgan fingerprint density at radius 1 is 1.50 bits per heavy atom. The summed E-state index contributed by atoms with van der Waals surface area (Å²) in [4.78, 5) is 0. The summed E-state index contributed by atoms with van der Waals surface area (Å²) >= 11 is 0. The van der Waals surface area contributed by atoms with E-state index in [9.17, 15) is 4.39 Å². The van der Waals surface area contributed by atoms with Gasteiger partial charge in [0.15, 0.2) is 11.6 Å². The minimum atomic E-state index is -0.424. The summed E-state index contributed by atoms with van der Waals surface area (Å²) in [5.41, 5.74) is 6.81. The topological polar surface area (TPSA) is 56.5 Å². The Balaban J connectivity index is 2.17. The van der Waals surface area contributed by atoms with Crippen LogP contribution in [-0.2, 0) is 4.74 Å². The first-order valence-corrected chi connectivity index (χ1v) is 7.12. The Labute approximate surface area is 119 Å². The average molecular weight is 282 g/mol. The van der Waals surface area contributed by atoms with Gasteiger partial charge in [-0.3, -0.25) is 0 Å². The van der Waals surface area contributed by atoms with Crippen LogP contribution >= 0.6 is 0 Å². The molecule has 112 valence electrons. The van der Waals surface area contributed by atoms with Gasteiger partial charge >= 0.3 is 0 Å². The fourth-order valence-corrected chi connectivity index (χ4v) is 2.36. The molecule has 1 fully saturated rings. The summed E-state index contributed by atoms with van der Waals surface area (Å²) < 4.78 is 24.7. The Hall–Kier alpha value is -1.49. The molecule has 0 aromatic heterocycles. The Morgan fingerprint density at radius 3 is 2.95 bits per heavy atom. The molecular weight excluding hydrogens is 259 g/mol. The number of halogens is 1. The average Bonchev–Trinajstić information content (AvgIpc) is 2.41. The number of anilines is 2. The standard InChI is InChI=1S/C15H23FN2O2/c1-3-6-20-14-9-13(12(17)8-11(14)16)18-15(2)5-4-7-19-10-15/h8-9,18H,3-7,10,17H2,1-2H3. The minimum Gasteiger partial charge on any atom is -0.490 e. The molecule has 1 saturated heterocycles. The highest BCUT2D eigenvalue weighted by molar-refractivity contribution is 5.69. The van der Waals surface area contributed by atoms with E-state index in [-0.39, 0.29) is 11.3 Å². The Morgan fingerprint density at radius 2 is 2.30 bits per heavy atom. The van der Waals surface area contributed by atoms with Crippen molar-refractivity contribution in [3.63, 3.8) is 0 Å². The predicted octanol–water partition coefficient (Wildman–Crippen LogP) is 3.18. The second-order valence-electron chi connectivity index (χ2n) is 5.56. The van der Waals surface area contributed by atoms with Crippen LogP contribution in [0.3, 0.4) is 0 Å². The molecule has 20 heavy (non-hydrogen) atoms. The van der Waals surface area contributed by atoms with E-state index >= 15 is 0 Å². The van der Waals surface area contributed by atoms with E-state index in [2.05, 4.69) is 12.2 Å². The van der Waals surface area contributed by atoms with Gasteiger partial charge in [-0.1, -0.05) is 6.92 Å². The van der Waals surface area contributed by atoms with Gasteiger partial charge in [0, 0.05) is 18.7 Å². The fraction of sp³-hybridized carbons (Fsp3) is 0.600. The molecule has 1 heterocycles. The number of nitrogen functional groups attached to an aromatic ring is 1. The third-order valence-electron chi connectivity index (χ3n) is 3.44. The molecule has 0 amide bonds. The monoisotopic (exact) mass is 282 g/mol. The first kappa shape index (κ1) is 14.9. The van der Waals surface area contributed by atoms with Crippen molar-refractivity contribution in [2.45, 2.75) is 38.6 Å². The molecule has 1 unspecified atom stereocenters. The molecule has 2 rings (SSSR count). The van der Waals surface area contributed by atoms with Crippen molar-refractivity contribution < 1.29 is 13.9 Å². The summed E-state index contributed by atoms with van der Waals surface area (Å²) in [5.74, 6) is -0.185. The van der Waals surface area contributed by atoms with Crippen LogP contribution in [0.15, 0.2) is 12.1 Å². The number of hydrogen-bond donors (Lipinski definition) is 2. The lowest BCUT2D eigenvalue weighted by molar-refractivity contribution is 0.0540. The maximum atomic E-state index is 13.8. The van der Waals surface area contributed by atoms with Gasteiger partial charge in [-0.25, -0.2) is 4.39 Å². The smallest absolute Gasteiger partial charge is 0.167 e.